The molecule has 2 saturated heterocycles. The van der Waals surface area contributed by atoms with E-state index >= 15 is 0 Å². The largest absolute Gasteiger partial charge is 0.375 e. The van der Waals surface area contributed by atoms with Crippen molar-refractivity contribution in [2.24, 2.45) is 5.92 Å². The molecule has 5 rings (SSSR count). The van der Waals surface area contributed by atoms with Gasteiger partial charge in [0.05, 0.1) is 10.5 Å². The molecule has 0 saturated carbocycles. The fourth-order valence-electron chi connectivity index (χ4n) is 4.72. The summed E-state index contributed by atoms with van der Waals surface area (Å²) in [5, 5.41) is 4.09. The summed E-state index contributed by atoms with van der Waals surface area (Å²) in [5.41, 5.74) is 0.551. The minimum absolute atomic E-state index is 0.280. The van der Waals surface area contributed by atoms with Crippen LogP contribution >= 0.6 is 0 Å². The maximum atomic E-state index is 12.9. The normalized spacial score (nSPS) is 21.6. The van der Waals surface area contributed by atoms with Gasteiger partial charge >= 0.3 is 0 Å². The minimum Gasteiger partial charge on any atom is -0.375 e. The molecule has 2 fully saturated rings. The summed E-state index contributed by atoms with van der Waals surface area (Å²) in [7, 11) is -3.46. The number of piperidine rings is 1. The highest BCUT2D eigenvalue weighted by molar-refractivity contribution is 7.89. The Bertz CT molecular complexity index is 1140. The third-order valence-electron chi connectivity index (χ3n) is 6.46. The lowest BCUT2D eigenvalue weighted by Gasteiger charge is -2.45. The van der Waals surface area contributed by atoms with Crippen LogP contribution in [0.5, 0.6) is 0 Å². The average Bonchev–Trinajstić information content (AvgIpc) is 3.29. The highest BCUT2D eigenvalue weighted by Crippen LogP contribution is 2.39. The van der Waals surface area contributed by atoms with E-state index in [0.29, 0.717) is 61.5 Å². The van der Waals surface area contributed by atoms with E-state index in [9.17, 15) is 8.42 Å². The molecule has 168 valence electrons. The average molecular weight is 455 g/mol. The van der Waals surface area contributed by atoms with Gasteiger partial charge < -0.3 is 9.26 Å². The molecule has 9 heteroatoms. The molecule has 0 amide bonds. The predicted octanol–water partition coefficient (Wildman–Crippen LogP) is 3.32. The first kappa shape index (κ1) is 21.2. The van der Waals surface area contributed by atoms with Crippen LogP contribution in [0.4, 0.5) is 0 Å². The second-order valence-corrected chi connectivity index (χ2v) is 10.5. The molecule has 0 radical (unpaired) electrons. The summed E-state index contributed by atoms with van der Waals surface area (Å²) in [6, 6.07) is 12.4. The topological polar surface area (TPSA) is 98.4 Å². The standard InChI is InChI=1S/C23H26N4O4S/c28-32(29,20-6-2-1-3-7-20)27-12-9-23(10-13-27)16-18(8-14-30-23)15-21-25-22(26-31-21)19-5-4-11-24-17-19/h1-7,11,17-18H,8-10,12-16H2. The molecule has 1 atom stereocenters. The fourth-order valence-corrected chi connectivity index (χ4v) is 6.19. The highest BCUT2D eigenvalue weighted by Gasteiger charge is 2.43. The van der Waals surface area contributed by atoms with Gasteiger partial charge in [-0.25, -0.2) is 8.42 Å². The van der Waals surface area contributed by atoms with Crippen LogP contribution in [0.1, 0.15) is 31.6 Å². The van der Waals surface area contributed by atoms with Crippen molar-refractivity contribution in [3.05, 3.63) is 60.7 Å². The smallest absolute Gasteiger partial charge is 0.243 e. The Morgan fingerprint density at radius 1 is 1.09 bits per heavy atom. The number of rotatable bonds is 5. The Balaban J connectivity index is 1.22. The Hall–Kier alpha value is -2.62. The van der Waals surface area contributed by atoms with Crippen molar-refractivity contribution in [1.29, 1.82) is 0 Å². The van der Waals surface area contributed by atoms with Gasteiger partial charge in [-0.15, -0.1) is 0 Å². The van der Waals surface area contributed by atoms with Crippen molar-refractivity contribution in [3.8, 4) is 11.4 Å². The summed E-state index contributed by atoms with van der Waals surface area (Å²) in [6.45, 7) is 1.60. The highest BCUT2D eigenvalue weighted by atomic mass is 32.2. The van der Waals surface area contributed by atoms with Gasteiger partial charge in [-0.3, -0.25) is 4.98 Å². The van der Waals surface area contributed by atoms with Crippen molar-refractivity contribution < 1.29 is 17.7 Å². The molecule has 0 N–H and O–H groups in total. The molecule has 8 nitrogen and oxygen atoms in total. The molecular formula is C23H26N4O4S. The number of hydrogen-bond acceptors (Lipinski definition) is 7. The van der Waals surface area contributed by atoms with Crippen LogP contribution in [0, 0.1) is 5.92 Å². The Kier molecular flexibility index (Phi) is 5.79. The molecule has 32 heavy (non-hydrogen) atoms. The maximum Gasteiger partial charge on any atom is 0.243 e. The number of pyridine rings is 1. The summed E-state index contributed by atoms with van der Waals surface area (Å²) < 4.78 is 39.2. The third-order valence-corrected chi connectivity index (χ3v) is 8.37. The van der Waals surface area contributed by atoms with Crippen molar-refractivity contribution >= 4 is 10.0 Å². The van der Waals surface area contributed by atoms with E-state index in [2.05, 4.69) is 15.1 Å². The van der Waals surface area contributed by atoms with Gasteiger partial charge in [0.1, 0.15) is 0 Å². The molecule has 2 aromatic heterocycles. The van der Waals surface area contributed by atoms with Crippen LogP contribution in [-0.2, 0) is 21.2 Å². The second kappa shape index (κ2) is 8.73. The van der Waals surface area contributed by atoms with Crippen LogP contribution in [0.15, 0.2) is 64.3 Å². The second-order valence-electron chi connectivity index (χ2n) is 8.56. The quantitative estimate of drug-likeness (QED) is 0.583. The van der Waals surface area contributed by atoms with Crippen molar-refractivity contribution in [3.63, 3.8) is 0 Å². The van der Waals surface area contributed by atoms with Crippen LogP contribution in [0.3, 0.4) is 0 Å². The molecule has 1 aromatic carbocycles. The monoisotopic (exact) mass is 454 g/mol. The lowest BCUT2D eigenvalue weighted by molar-refractivity contribution is -0.121. The van der Waals surface area contributed by atoms with Crippen LogP contribution in [0.25, 0.3) is 11.4 Å². The van der Waals surface area contributed by atoms with Crippen LogP contribution < -0.4 is 0 Å². The van der Waals surface area contributed by atoms with E-state index in [4.69, 9.17) is 9.26 Å². The van der Waals surface area contributed by atoms with Gasteiger partial charge in [0.2, 0.25) is 21.7 Å². The first-order valence-electron chi connectivity index (χ1n) is 11.0. The first-order chi connectivity index (χ1) is 15.5. The SMILES string of the molecule is O=S(=O)(c1ccccc1)N1CCC2(CC1)CC(Cc1nc(-c3cccnc3)no1)CCO2. The third kappa shape index (κ3) is 4.32. The molecule has 0 aliphatic carbocycles. The van der Waals surface area contributed by atoms with Gasteiger partial charge in [-0.1, -0.05) is 23.4 Å². The summed E-state index contributed by atoms with van der Waals surface area (Å²) in [4.78, 5) is 8.99. The predicted molar refractivity (Wildman–Crippen MR) is 117 cm³/mol. The minimum atomic E-state index is -3.46. The van der Waals surface area contributed by atoms with Crippen molar-refractivity contribution in [2.75, 3.05) is 19.7 Å². The first-order valence-corrected chi connectivity index (χ1v) is 12.4. The molecule has 1 spiro atoms. The maximum absolute atomic E-state index is 12.9. The zero-order valence-corrected chi connectivity index (χ0v) is 18.6. The van der Waals surface area contributed by atoms with Gasteiger partial charge in [0.25, 0.3) is 0 Å². The van der Waals surface area contributed by atoms with Crippen molar-refractivity contribution in [1.82, 2.24) is 19.4 Å². The molecule has 2 aliphatic rings. The van der Waals surface area contributed by atoms with E-state index in [1.165, 1.54) is 0 Å². The lowest BCUT2D eigenvalue weighted by atomic mass is 9.79. The van der Waals surface area contributed by atoms with E-state index < -0.39 is 10.0 Å². The molecule has 2 aliphatic heterocycles. The van der Waals surface area contributed by atoms with Gasteiger partial charge in [0.15, 0.2) is 0 Å². The van der Waals surface area contributed by atoms with Gasteiger partial charge in [0, 0.05) is 44.1 Å². The van der Waals surface area contributed by atoms with E-state index in [0.717, 1.165) is 18.4 Å². The number of benzene rings is 1. The van der Waals surface area contributed by atoms with E-state index in [-0.39, 0.29) is 5.60 Å². The number of hydrogen-bond donors (Lipinski definition) is 0. The zero-order valence-electron chi connectivity index (χ0n) is 17.8. The van der Waals surface area contributed by atoms with E-state index in [1.54, 1.807) is 41.0 Å². The molecule has 4 heterocycles. The van der Waals surface area contributed by atoms with Crippen LogP contribution in [0.2, 0.25) is 0 Å². The van der Waals surface area contributed by atoms with Crippen molar-refractivity contribution in [2.45, 2.75) is 42.6 Å². The summed E-state index contributed by atoms with van der Waals surface area (Å²) in [5.74, 6) is 1.53. The number of aromatic nitrogens is 3. The molecular weight excluding hydrogens is 428 g/mol. The number of ether oxygens (including phenoxy) is 1. The van der Waals surface area contributed by atoms with Gasteiger partial charge in [-0.2, -0.15) is 9.29 Å². The summed E-state index contributed by atoms with van der Waals surface area (Å²) in [6.07, 6.45) is 7.32. The molecule has 1 unspecified atom stereocenters. The number of sulfonamides is 1. The fraction of sp³-hybridized carbons (Fsp3) is 0.435. The number of nitrogens with zero attached hydrogens (tertiary/aromatic N) is 4. The summed E-state index contributed by atoms with van der Waals surface area (Å²) >= 11 is 0. The van der Waals surface area contributed by atoms with Crippen LogP contribution in [-0.4, -0.2) is 53.1 Å². The van der Waals surface area contributed by atoms with E-state index in [1.807, 2.05) is 18.2 Å². The van der Waals surface area contributed by atoms with Gasteiger partial charge in [-0.05, 0) is 55.9 Å². The zero-order chi connectivity index (χ0) is 22.0. The molecule has 3 aromatic rings. The Labute approximate surface area is 187 Å². The Morgan fingerprint density at radius 3 is 2.66 bits per heavy atom. The Morgan fingerprint density at radius 2 is 1.91 bits per heavy atom. The lowest BCUT2D eigenvalue weighted by Crippen LogP contribution is -2.50. The molecule has 0 bridgehead atoms.